The Kier molecular flexibility index (Phi) is 6.98. The highest BCUT2D eigenvalue weighted by molar-refractivity contribution is 8.00. The van der Waals surface area contributed by atoms with Crippen LogP contribution in [0.2, 0.25) is 0 Å². The van der Waals surface area contributed by atoms with Gasteiger partial charge in [-0.15, -0.1) is 11.8 Å². The van der Waals surface area contributed by atoms with E-state index in [1.807, 2.05) is 49.4 Å². The lowest BCUT2D eigenvalue weighted by Crippen LogP contribution is -2.29. The monoisotopic (exact) mass is 478 g/mol. The fourth-order valence-electron chi connectivity index (χ4n) is 3.99. The molecule has 0 aromatic heterocycles. The number of para-hydroxylation sites is 1. The molecule has 34 heavy (non-hydrogen) atoms. The number of benzene rings is 3. The van der Waals surface area contributed by atoms with Crippen LogP contribution in [0.25, 0.3) is 0 Å². The summed E-state index contributed by atoms with van der Waals surface area (Å²) in [7, 11) is 4.60. The highest BCUT2D eigenvalue weighted by atomic mass is 32.2. The molecule has 1 heterocycles. The molecule has 0 aliphatic carbocycles. The number of hydrogen-bond donors (Lipinski definition) is 1. The van der Waals surface area contributed by atoms with Gasteiger partial charge in [0.15, 0.2) is 0 Å². The van der Waals surface area contributed by atoms with E-state index in [4.69, 9.17) is 14.2 Å². The second-order valence-electron chi connectivity index (χ2n) is 7.68. The molecule has 2 amide bonds. The molecule has 7 nitrogen and oxygen atoms in total. The van der Waals surface area contributed by atoms with E-state index < -0.39 is 0 Å². The number of ether oxygens (including phenoxy) is 3. The maximum Gasteiger partial charge on any atom is 0.263 e. The van der Waals surface area contributed by atoms with Gasteiger partial charge in [0, 0.05) is 11.3 Å². The van der Waals surface area contributed by atoms with Crippen molar-refractivity contribution in [3.8, 4) is 17.2 Å². The van der Waals surface area contributed by atoms with Crippen molar-refractivity contribution in [2.24, 2.45) is 0 Å². The fourth-order valence-corrected chi connectivity index (χ4v) is 5.19. The zero-order valence-electron chi connectivity index (χ0n) is 19.5. The van der Waals surface area contributed by atoms with E-state index in [0.717, 1.165) is 11.1 Å². The smallest absolute Gasteiger partial charge is 0.263 e. The van der Waals surface area contributed by atoms with Crippen LogP contribution in [0.15, 0.2) is 60.7 Å². The maximum atomic E-state index is 13.3. The number of nitrogens with zero attached hydrogens (tertiary/aromatic N) is 1. The first-order chi connectivity index (χ1) is 16.5. The van der Waals surface area contributed by atoms with Gasteiger partial charge in [-0.3, -0.25) is 14.5 Å². The third-order valence-corrected chi connectivity index (χ3v) is 6.79. The molecule has 0 unspecified atom stereocenters. The number of amides is 2. The van der Waals surface area contributed by atoms with Crippen LogP contribution < -0.4 is 24.4 Å². The predicted octanol–water partition coefficient (Wildman–Crippen LogP) is 5.05. The van der Waals surface area contributed by atoms with Crippen LogP contribution >= 0.6 is 11.8 Å². The normalized spacial score (nSPS) is 15.2. The van der Waals surface area contributed by atoms with Gasteiger partial charge in [-0.1, -0.05) is 30.3 Å². The van der Waals surface area contributed by atoms with Crippen molar-refractivity contribution in [2.75, 3.05) is 37.3 Å². The fraction of sp³-hybridized carbons (Fsp3) is 0.231. The standard InChI is InChI=1S/C26H26N2O5S/c1-16-12-13-20(31-2)19(14-16)28-23(29)15-34-26(28)17-8-5-6-9-18(17)27-25(30)24-21(32-3)10-7-11-22(24)33-4/h5-14,26H,15H2,1-4H3,(H,27,30)/t26-/m0/s1. The molecule has 0 spiro atoms. The Hall–Kier alpha value is -3.65. The second kappa shape index (κ2) is 10.1. The van der Waals surface area contributed by atoms with E-state index >= 15 is 0 Å². The van der Waals surface area contributed by atoms with E-state index in [1.54, 1.807) is 30.2 Å². The van der Waals surface area contributed by atoms with Crippen LogP contribution in [-0.2, 0) is 4.79 Å². The number of nitrogens with one attached hydrogen (secondary N) is 1. The summed E-state index contributed by atoms with van der Waals surface area (Å²) in [6.45, 7) is 1.97. The van der Waals surface area contributed by atoms with Gasteiger partial charge in [0.2, 0.25) is 5.91 Å². The first-order valence-electron chi connectivity index (χ1n) is 10.7. The van der Waals surface area contributed by atoms with Gasteiger partial charge in [-0.2, -0.15) is 0 Å². The molecule has 1 saturated heterocycles. The molecule has 0 saturated carbocycles. The van der Waals surface area contributed by atoms with Gasteiger partial charge >= 0.3 is 0 Å². The summed E-state index contributed by atoms with van der Waals surface area (Å²) in [6.07, 6.45) is 0. The van der Waals surface area contributed by atoms with Crippen molar-refractivity contribution in [1.29, 1.82) is 0 Å². The zero-order valence-corrected chi connectivity index (χ0v) is 20.3. The summed E-state index contributed by atoms with van der Waals surface area (Å²) in [5.41, 5.74) is 3.43. The minimum atomic E-state index is -0.365. The zero-order chi connectivity index (χ0) is 24.2. The Morgan fingerprint density at radius 3 is 2.29 bits per heavy atom. The lowest BCUT2D eigenvalue weighted by molar-refractivity contribution is -0.115. The summed E-state index contributed by atoms with van der Waals surface area (Å²) in [4.78, 5) is 28.1. The lowest BCUT2D eigenvalue weighted by atomic mass is 10.1. The van der Waals surface area contributed by atoms with Gasteiger partial charge < -0.3 is 19.5 Å². The molecule has 0 bridgehead atoms. The minimum Gasteiger partial charge on any atom is -0.496 e. The molecule has 1 atom stereocenters. The quantitative estimate of drug-likeness (QED) is 0.512. The molecule has 176 valence electrons. The van der Waals surface area contributed by atoms with Crippen LogP contribution in [0.4, 0.5) is 11.4 Å². The largest absolute Gasteiger partial charge is 0.496 e. The number of thioether (sulfide) groups is 1. The molecular formula is C26H26N2O5S. The van der Waals surface area contributed by atoms with Gasteiger partial charge in [-0.25, -0.2) is 0 Å². The molecular weight excluding hydrogens is 452 g/mol. The second-order valence-corrected chi connectivity index (χ2v) is 8.75. The average molecular weight is 479 g/mol. The van der Waals surface area contributed by atoms with Crippen molar-refractivity contribution < 1.29 is 23.8 Å². The van der Waals surface area contributed by atoms with E-state index in [2.05, 4.69) is 5.32 Å². The highest BCUT2D eigenvalue weighted by Crippen LogP contribution is 2.47. The molecule has 3 aromatic carbocycles. The van der Waals surface area contributed by atoms with E-state index in [-0.39, 0.29) is 17.2 Å². The van der Waals surface area contributed by atoms with E-state index in [1.165, 1.54) is 26.0 Å². The first kappa shape index (κ1) is 23.5. The first-order valence-corrected chi connectivity index (χ1v) is 11.7. The third kappa shape index (κ3) is 4.41. The van der Waals surface area contributed by atoms with Crippen LogP contribution in [0.3, 0.4) is 0 Å². The Morgan fingerprint density at radius 2 is 1.62 bits per heavy atom. The molecule has 1 aliphatic heterocycles. The molecule has 1 fully saturated rings. The predicted molar refractivity (Wildman–Crippen MR) is 134 cm³/mol. The Balaban J connectivity index is 1.73. The van der Waals surface area contributed by atoms with Crippen molar-refractivity contribution in [2.45, 2.75) is 12.3 Å². The van der Waals surface area contributed by atoms with Gasteiger partial charge in [0.05, 0.1) is 32.8 Å². The van der Waals surface area contributed by atoms with Gasteiger partial charge in [0.1, 0.15) is 28.2 Å². The van der Waals surface area contributed by atoms with Gasteiger partial charge in [0.25, 0.3) is 5.91 Å². The summed E-state index contributed by atoms with van der Waals surface area (Å²) in [6, 6.07) is 18.4. The number of carbonyl (C=O) groups is 2. The molecule has 4 rings (SSSR count). The number of anilines is 2. The molecule has 0 radical (unpaired) electrons. The number of aryl methyl sites for hydroxylation is 1. The number of rotatable bonds is 7. The van der Waals surface area contributed by atoms with Crippen molar-refractivity contribution in [1.82, 2.24) is 0 Å². The van der Waals surface area contributed by atoms with Crippen LogP contribution in [0, 0.1) is 6.92 Å². The lowest BCUT2D eigenvalue weighted by Gasteiger charge is -2.27. The van der Waals surface area contributed by atoms with Crippen molar-refractivity contribution in [3.63, 3.8) is 0 Å². The number of methoxy groups -OCH3 is 3. The van der Waals surface area contributed by atoms with E-state index in [9.17, 15) is 9.59 Å². The summed E-state index contributed by atoms with van der Waals surface area (Å²) in [5.74, 6) is 1.37. The Labute approximate surface area is 203 Å². The maximum absolute atomic E-state index is 13.3. The SMILES string of the molecule is COc1ccc(C)cc1N1C(=O)CS[C@H]1c1ccccc1NC(=O)c1c(OC)cccc1OC. The Morgan fingerprint density at radius 1 is 0.941 bits per heavy atom. The number of hydrogen-bond acceptors (Lipinski definition) is 6. The molecule has 1 N–H and O–H groups in total. The van der Waals surface area contributed by atoms with Crippen LogP contribution in [0.1, 0.15) is 26.9 Å². The van der Waals surface area contributed by atoms with E-state index in [0.29, 0.717) is 39.9 Å². The Bertz CT molecular complexity index is 1210. The minimum absolute atomic E-state index is 0.0218. The summed E-state index contributed by atoms with van der Waals surface area (Å²) >= 11 is 1.50. The molecule has 1 aliphatic rings. The highest BCUT2D eigenvalue weighted by Gasteiger charge is 2.37. The van der Waals surface area contributed by atoms with Crippen LogP contribution in [-0.4, -0.2) is 38.9 Å². The third-order valence-electron chi connectivity index (χ3n) is 5.59. The molecule has 3 aromatic rings. The topological polar surface area (TPSA) is 77.1 Å². The molecule has 8 heteroatoms. The van der Waals surface area contributed by atoms with Crippen molar-refractivity contribution in [3.05, 3.63) is 77.4 Å². The summed E-state index contributed by atoms with van der Waals surface area (Å²) in [5, 5.41) is 2.66. The average Bonchev–Trinajstić information content (AvgIpc) is 3.24. The van der Waals surface area contributed by atoms with Gasteiger partial charge in [-0.05, 0) is 42.8 Å². The number of carbonyl (C=O) groups excluding carboxylic acids is 2. The van der Waals surface area contributed by atoms with Crippen LogP contribution in [0.5, 0.6) is 17.2 Å². The van der Waals surface area contributed by atoms with Crippen molar-refractivity contribution >= 4 is 35.0 Å². The summed E-state index contributed by atoms with van der Waals surface area (Å²) < 4.78 is 16.3.